The number of anilines is 1. The summed E-state index contributed by atoms with van der Waals surface area (Å²) in [5.74, 6) is 0.953. The summed E-state index contributed by atoms with van der Waals surface area (Å²) in [5.41, 5.74) is 0.572. The second kappa shape index (κ2) is 7.11. The lowest BCUT2D eigenvalue weighted by molar-refractivity contribution is -0.117. The summed E-state index contributed by atoms with van der Waals surface area (Å²) >= 11 is 5.93. The van der Waals surface area contributed by atoms with Gasteiger partial charge in [0, 0.05) is 11.6 Å². The molecule has 0 aliphatic heterocycles. The van der Waals surface area contributed by atoms with Crippen molar-refractivity contribution in [1.29, 1.82) is 0 Å². The van der Waals surface area contributed by atoms with Crippen LogP contribution in [0.4, 0.5) is 5.69 Å². The number of amides is 1. The van der Waals surface area contributed by atoms with E-state index in [0.29, 0.717) is 28.9 Å². The molecule has 21 heavy (non-hydrogen) atoms. The second-order valence-corrected chi connectivity index (χ2v) is 6.02. The van der Waals surface area contributed by atoms with Gasteiger partial charge in [-0.2, -0.15) is 0 Å². The number of methoxy groups -OCH3 is 1. The number of rotatable bonds is 6. The van der Waals surface area contributed by atoms with Crippen LogP contribution in [0.15, 0.2) is 18.2 Å². The zero-order chi connectivity index (χ0) is 15.4. The van der Waals surface area contributed by atoms with Crippen LogP contribution >= 0.6 is 11.6 Å². The van der Waals surface area contributed by atoms with Crippen LogP contribution in [-0.4, -0.2) is 49.3 Å². The van der Waals surface area contributed by atoms with Crippen LogP contribution in [0.1, 0.15) is 12.8 Å². The van der Waals surface area contributed by atoms with Crippen molar-refractivity contribution in [3.8, 4) is 5.75 Å². The van der Waals surface area contributed by atoms with Gasteiger partial charge in [0.25, 0.3) is 0 Å². The van der Waals surface area contributed by atoms with Gasteiger partial charge >= 0.3 is 0 Å². The lowest BCUT2D eigenvalue weighted by Gasteiger charge is -2.34. The Morgan fingerprint density at radius 3 is 2.86 bits per heavy atom. The molecule has 2 N–H and O–H groups in total. The molecule has 0 heterocycles. The molecule has 0 saturated heterocycles. The molecular weight excluding hydrogens is 292 g/mol. The van der Waals surface area contributed by atoms with Gasteiger partial charge in [-0.05, 0) is 44.0 Å². The number of aliphatic hydroxyl groups is 1. The first kappa shape index (κ1) is 16.1. The first-order valence-electron chi connectivity index (χ1n) is 6.98. The largest absolute Gasteiger partial charge is 0.495 e. The molecule has 1 fully saturated rings. The summed E-state index contributed by atoms with van der Waals surface area (Å²) in [5, 5.41) is 12.6. The molecule has 0 bridgehead atoms. The number of carbonyl (C=O) groups is 1. The van der Waals surface area contributed by atoms with E-state index in [4.69, 9.17) is 16.3 Å². The molecule has 116 valence electrons. The molecule has 0 unspecified atom stereocenters. The van der Waals surface area contributed by atoms with Crippen LogP contribution in [0.5, 0.6) is 5.75 Å². The van der Waals surface area contributed by atoms with Crippen LogP contribution in [0.2, 0.25) is 5.02 Å². The number of hydrogen-bond acceptors (Lipinski definition) is 4. The predicted octanol–water partition coefficient (Wildman–Crippen LogP) is 1.99. The Hall–Kier alpha value is -1.30. The fraction of sp³-hybridized carbons (Fsp3) is 0.533. The molecule has 6 heteroatoms. The molecule has 1 aromatic carbocycles. The molecule has 0 atom stereocenters. The third-order valence-corrected chi connectivity index (χ3v) is 3.86. The number of aliphatic hydroxyl groups excluding tert-OH is 1. The highest BCUT2D eigenvalue weighted by Crippen LogP contribution is 2.28. The number of benzene rings is 1. The quantitative estimate of drug-likeness (QED) is 0.843. The molecule has 1 aliphatic rings. The molecule has 1 amide bonds. The monoisotopic (exact) mass is 312 g/mol. The maximum Gasteiger partial charge on any atom is 0.238 e. The minimum absolute atomic E-state index is 0.113. The van der Waals surface area contributed by atoms with Crippen LogP contribution in [0.25, 0.3) is 0 Å². The Morgan fingerprint density at radius 2 is 2.24 bits per heavy atom. The molecule has 1 aliphatic carbocycles. The van der Waals surface area contributed by atoms with E-state index in [2.05, 4.69) is 5.32 Å². The van der Waals surface area contributed by atoms with Gasteiger partial charge in [0.05, 0.1) is 25.4 Å². The van der Waals surface area contributed by atoms with Crippen molar-refractivity contribution in [2.24, 2.45) is 5.92 Å². The van der Waals surface area contributed by atoms with Crippen molar-refractivity contribution >= 4 is 23.2 Å². The standard InChI is InChI=1S/C15H21ClN2O3/c1-18(8-10-5-12(19)6-10)9-15(20)17-13-7-11(16)3-4-14(13)21-2/h3-4,7,10,12,19H,5-6,8-9H2,1-2H3,(H,17,20). The fourth-order valence-corrected chi connectivity index (χ4v) is 2.74. The van der Waals surface area contributed by atoms with E-state index < -0.39 is 0 Å². The van der Waals surface area contributed by atoms with Crippen LogP contribution in [0.3, 0.4) is 0 Å². The molecular formula is C15H21ClN2O3. The van der Waals surface area contributed by atoms with Crippen LogP contribution in [0, 0.1) is 5.92 Å². The SMILES string of the molecule is COc1ccc(Cl)cc1NC(=O)CN(C)CC1CC(O)C1. The van der Waals surface area contributed by atoms with Gasteiger partial charge in [-0.3, -0.25) is 9.69 Å². The lowest BCUT2D eigenvalue weighted by atomic mass is 9.82. The maximum absolute atomic E-state index is 12.1. The third kappa shape index (κ3) is 4.59. The Kier molecular flexibility index (Phi) is 5.45. The molecule has 0 spiro atoms. The number of halogens is 1. The van der Waals surface area contributed by atoms with Gasteiger partial charge < -0.3 is 15.2 Å². The number of hydrogen-bond donors (Lipinski definition) is 2. The van der Waals surface area contributed by atoms with Gasteiger partial charge in [0.1, 0.15) is 5.75 Å². The summed E-state index contributed by atoms with van der Waals surface area (Å²) in [7, 11) is 3.45. The van der Waals surface area contributed by atoms with Crippen molar-refractivity contribution < 1.29 is 14.6 Å². The van der Waals surface area contributed by atoms with E-state index in [-0.39, 0.29) is 12.0 Å². The highest BCUT2D eigenvalue weighted by Gasteiger charge is 2.28. The first-order chi connectivity index (χ1) is 9.97. The zero-order valence-corrected chi connectivity index (χ0v) is 13.1. The average Bonchev–Trinajstić information content (AvgIpc) is 2.37. The predicted molar refractivity (Wildman–Crippen MR) is 82.9 cm³/mol. The van der Waals surface area contributed by atoms with Crippen molar-refractivity contribution in [1.82, 2.24) is 4.90 Å². The normalized spacial score (nSPS) is 21.0. The van der Waals surface area contributed by atoms with E-state index in [1.165, 1.54) is 0 Å². The van der Waals surface area contributed by atoms with Gasteiger partial charge in [0.2, 0.25) is 5.91 Å². The Morgan fingerprint density at radius 1 is 1.52 bits per heavy atom. The summed E-state index contributed by atoms with van der Waals surface area (Å²) in [6.07, 6.45) is 1.50. The molecule has 2 rings (SSSR count). The first-order valence-corrected chi connectivity index (χ1v) is 7.35. The molecule has 0 radical (unpaired) electrons. The number of ether oxygens (including phenoxy) is 1. The van der Waals surface area contributed by atoms with E-state index in [1.54, 1.807) is 25.3 Å². The Labute approximate surface area is 129 Å². The maximum atomic E-state index is 12.1. The summed E-state index contributed by atoms with van der Waals surface area (Å²) < 4.78 is 5.19. The topological polar surface area (TPSA) is 61.8 Å². The second-order valence-electron chi connectivity index (χ2n) is 5.58. The van der Waals surface area contributed by atoms with E-state index >= 15 is 0 Å². The highest BCUT2D eigenvalue weighted by molar-refractivity contribution is 6.31. The molecule has 1 aromatic rings. The van der Waals surface area contributed by atoms with E-state index in [0.717, 1.165) is 19.4 Å². The number of nitrogens with zero attached hydrogens (tertiary/aromatic N) is 1. The van der Waals surface area contributed by atoms with Gasteiger partial charge in [-0.25, -0.2) is 0 Å². The summed E-state index contributed by atoms with van der Waals surface area (Å²) in [4.78, 5) is 14.0. The van der Waals surface area contributed by atoms with Crippen molar-refractivity contribution in [2.75, 3.05) is 32.6 Å². The van der Waals surface area contributed by atoms with Gasteiger partial charge in [-0.1, -0.05) is 11.6 Å². The van der Waals surface area contributed by atoms with Crippen molar-refractivity contribution in [3.05, 3.63) is 23.2 Å². The third-order valence-electron chi connectivity index (χ3n) is 3.63. The van der Waals surface area contributed by atoms with E-state index in [1.807, 2.05) is 11.9 Å². The number of nitrogens with one attached hydrogen (secondary N) is 1. The Balaban J connectivity index is 1.85. The summed E-state index contributed by atoms with van der Waals surface area (Å²) in [6.45, 7) is 1.11. The molecule has 5 nitrogen and oxygen atoms in total. The highest BCUT2D eigenvalue weighted by atomic mass is 35.5. The van der Waals surface area contributed by atoms with E-state index in [9.17, 15) is 9.90 Å². The smallest absolute Gasteiger partial charge is 0.238 e. The zero-order valence-electron chi connectivity index (χ0n) is 12.3. The van der Waals surface area contributed by atoms with Crippen molar-refractivity contribution in [3.63, 3.8) is 0 Å². The minimum Gasteiger partial charge on any atom is -0.495 e. The minimum atomic E-state index is -0.159. The lowest BCUT2D eigenvalue weighted by Crippen LogP contribution is -2.39. The van der Waals surface area contributed by atoms with Crippen molar-refractivity contribution in [2.45, 2.75) is 18.9 Å². The fourth-order valence-electron chi connectivity index (χ4n) is 2.57. The van der Waals surface area contributed by atoms with Gasteiger partial charge in [-0.15, -0.1) is 0 Å². The van der Waals surface area contributed by atoms with Crippen LogP contribution < -0.4 is 10.1 Å². The van der Waals surface area contributed by atoms with Crippen LogP contribution in [-0.2, 0) is 4.79 Å². The molecule has 1 saturated carbocycles. The number of carbonyl (C=O) groups excluding carboxylic acids is 1. The summed E-state index contributed by atoms with van der Waals surface area (Å²) in [6, 6.07) is 5.10. The Bertz CT molecular complexity index is 504. The molecule has 0 aromatic heterocycles. The van der Waals surface area contributed by atoms with Gasteiger partial charge in [0.15, 0.2) is 0 Å². The number of likely N-dealkylation sites (N-methyl/N-ethyl adjacent to an activating group) is 1. The average molecular weight is 313 g/mol.